The summed E-state index contributed by atoms with van der Waals surface area (Å²) in [5.74, 6) is 0.943. The van der Waals surface area contributed by atoms with Crippen molar-refractivity contribution < 1.29 is 14.3 Å². The Kier molecular flexibility index (Phi) is 5.23. The summed E-state index contributed by atoms with van der Waals surface area (Å²) in [4.78, 5) is 17.4. The van der Waals surface area contributed by atoms with Gasteiger partial charge in [-0.15, -0.1) is 0 Å². The molecule has 2 aromatic rings. The molecular weight excluding hydrogens is 316 g/mol. The van der Waals surface area contributed by atoms with Gasteiger partial charge in [-0.1, -0.05) is 6.92 Å². The molecule has 1 heterocycles. The van der Waals surface area contributed by atoms with Crippen molar-refractivity contribution >= 4 is 22.5 Å². The number of hydrogen-bond acceptors (Lipinski definition) is 4. The van der Waals surface area contributed by atoms with Crippen LogP contribution in [0.3, 0.4) is 0 Å². The molecule has 0 unspecified atom stereocenters. The lowest BCUT2D eigenvalue weighted by Crippen LogP contribution is -2.44. The zero-order chi connectivity index (χ0) is 17.9. The Labute approximate surface area is 148 Å². The lowest BCUT2D eigenvalue weighted by molar-refractivity contribution is -0.141. The standard InChI is InChI=1S/C20H26N2O3/c1-4-13-24-17-11-10-16(15-7-6-12-21-18(15)17)22-19(23)20(3,25-5-2)14-8-9-14/h6-7,10-12,14H,4-5,8-9,13H2,1-3H3,(H,22,23)/t20-/m1/s1. The van der Waals surface area contributed by atoms with E-state index in [4.69, 9.17) is 9.47 Å². The van der Waals surface area contributed by atoms with Gasteiger partial charge in [-0.05, 0) is 63.3 Å². The zero-order valence-corrected chi connectivity index (χ0v) is 15.2. The van der Waals surface area contributed by atoms with Gasteiger partial charge in [-0.2, -0.15) is 0 Å². The summed E-state index contributed by atoms with van der Waals surface area (Å²) in [5, 5.41) is 3.93. The first kappa shape index (κ1) is 17.7. The first-order valence-electron chi connectivity index (χ1n) is 9.06. The number of fused-ring (bicyclic) bond motifs is 1. The van der Waals surface area contributed by atoms with Crippen molar-refractivity contribution in [3.63, 3.8) is 0 Å². The van der Waals surface area contributed by atoms with Gasteiger partial charge in [0.25, 0.3) is 5.91 Å². The Balaban J connectivity index is 1.90. The van der Waals surface area contributed by atoms with E-state index in [-0.39, 0.29) is 5.91 Å². The highest BCUT2D eigenvalue weighted by atomic mass is 16.5. The number of amides is 1. The summed E-state index contributed by atoms with van der Waals surface area (Å²) in [6.07, 6.45) is 4.74. The summed E-state index contributed by atoms with van der Waals surface area (Å²) in [6.45, 7) is 7.04. The Bertz CT molecular complexity index is 758. The van der Waals surface area contributed by atoms with Crippen molar-refractivity contribution in [2.24, 2.45) is 5.92 Å². The van der Waals surface area contributed by atoms with Crippen LogP contribution >= 0.6 is 0 Å². The SMILES string of the molecule is CCCOc1ccc(NC(=O)[C@](C)(OCC)C2CC2)c2cccnc12. The van der Waals surface area contributed by atoms with E-state index in [1.54, 1.807) is 6.20 Å². The first-order valence-corrected chi connectivity index (χ1v) is 9.06. The molecule has 1 aromatic heterocycles. The Morgan fingerprint density at radius 2 is 2.12 bits per heavy atom. The number of hydrogen-bond donors (Lipinski definition) is 1. The van der Waals surface area contributed by atoms with Crippen LogP contribution in [0.2, 0.25) is 0 Å². The predicted octanol–water partition coefficient (Wildman–Crippen LogP) is 4.17. The number of nitrogens with one attached hydrogen (secondary N) is 1. The fraction of sp³-hybridized carbons (Fsp3) is 0.500. The van der Waals surface area contributed by atoms with Crippen LogP contribution in [0.15, 0.2) is 30.5 Å². The third-order valence-corrected chi connectivity index (χ3v) is 4.69. The van der Waals surface area contributed by atoms with Crippen LogP contribution in [0.4, 0.5) is 5.69 Å². The van der Waals surface area contributed by atoms with Crippen LogP contribution in [-0.2, 0) is 9.53 Å². The minimum Gasteiger partial charge on any atom is -0.491 e. The second kappa shape index (κ2) is 7.40. The highest BCUT2D eigenvalue weighted by molar-refractivity contribution is 6.05. The van der Waals surface area contributed by atoms with Gasteiger partial charge in [0.15, 0.2) is 0 Å². The highest BCUT2D eigenvalue weighted by Crippen LogP contribution is 2.43. The van der Waals surface area contributed by atoms with Gasteiger partial charge in [0.2, 0.25) is 0 Å². The Hall–Kier alpha value is -2.14. The van der Waals surface area contributed by atoms with Gasteiger partial charge in [0, 0.05) is 18.2 Å². The maximum Gasteiger partial charge on any atom is 0.256 e. The van der Waals surface area contributed by atoms with E-state index in [1.165, 1.54) is 0 Å². The molecular formula is C20H26N2O3. The molecule has 0 radical (unpaired) electrons. The number of anilines is 1. The minimum atomic E-state index is -0.777. The van der Waals surface area contributed by atoms with Crippen molar-refractivity contribution in [1.29, 1.82) is 0 Å². The van der Waals surface area contributed by atoms with E-state index in [1.807, 2.05) is 38.1 Å². The first-order chi connectivity index (χ1) is 12.1. The van der Waals surface area contributed by atoms with Crippen LogP contribution < -0.4 is 10.1 Å². The van der Waals surface area contributed by atoms with Gasteiger partial charge in [-0.25, -0.2) is 0 Å². The Morgan fingerprint density at radius 3 is 2.80 bits per heavy atom. The number of rotatable bonds is 8. The molecule has 1 N–H and O–H groups in total. The molecule has 0 bridgehead atoms. The fourth-order valence-electron chi connectivity index (χ4n) is 3.13. The molecule has 3 rings (SSSR count). The molecule has 1 aromatic carbocycles. The van der Waals surface area contributed by atoms with Crippen LogP contribution in [0.25, 0.3) is 10.9 Å². The Morgan fingerprint density at radius 1 is 1.32 bits per heavy atom. The molecule has 5 heteroatoms. The number of nitrogens with zero attached hydrogens (tertiary/aromatic N) is 1. The van der Waals surface area contributed by atoms with E-state index >= 15 is 0 Å². The van der Waals surface area contributed by atoms with Crippen LogP contribution in [-0.4, -0.2) is 29.7 Å². The van der Waals surface area contributed by atoms with E-state index < -0.39 is 5.60 Å². The second-order valence-electron chi connectivity index (χ2n) is 6.63. The number of ether oxygens (including phenoxy) is 2. The van der Waals surface area contributed by atoms with Gasteiger partial charge >= 0.3 is 0 Å². The lowest BCUT2D eigenvalue weighted by Gasteiger charge is -2.28. The molecule has 5 nitrogen and oxygen atoms in total. The molecule has 1 aliphatic rings. The molecule has 134 valence electrons. The molecule has 25 heavy (non-hydrogen) atoms. The van der Waals surface area contributed by atoms with Crippen molar-refractivity contribution in [1.82, 2.24) is 4.98 Å². The maximum atomic E-state index is 12.9. The van der Waals surface area contributed by atoms with Crippen LogP contribution in [0.5, 0.6) is 5.75 Å². The largest absolute Gasteiger partial charge is 0.491 e. The fourth-order valence-corrected chi connectivity index (χ4v) is 3.13. The van der Waals surface area contributed by atoms with E-state index in [0.717, 1.165) is 41.6 Å². The molecule has 1 fully saturated rings. The quantitative estimate of drug-likeness (QED) is 0.782. The number of aromatic nitrogens is 1. The van der Waals surface area contributed by atoms with Crippen molar-refractivity contribution in [2.75, 3.05) is 18.5 Å². The smallest absolute Gasteiger partial charge is 0.256 e. The van der Waals surface area contributed by atoms with Gasteiger partial charge in [0.1, 0.15) is 16.9 Å². The number of benzene rings is 1. The third-order valence-electron chi connectivity index (χ3n) is 4.69. The zero-order valence-electron chi connectivity index (χ0n) is 15.2. The summed E-state index contributed by atoms with van der Waals surface area (Å²) in [7, 11) is 0. The third kappa shape index (κ3) is 3.61. The molecule has 0 saturated heterocycles. The van der Waals surface area contributed by atoms with Crippen molar-refractivity contribution in [3.8, 4) is 5.75 Å². The predicted molar refractivity (Wildman–Crippen MR) is 98.9 cm³/mol. The van der Waals surface area contributed by atoms with E-state index in [0.29, 0.717) is 19.1 Å². The lowest BCUT2D eigenvalue weighted by atomic mass is 9.98. The number of pyridine rings is 1. The van der Waals surface area contributed by atoms with Crippen LogP contribution in [0, 0.1) is 5.92 Å². The van der Waals surface area contributed by atoms with Crippen molar-refractivity contribution in [2.45, 2.75) is 45.6 Å². The van der Waals surface area contributed by atoms with E-state index in [2.05, 4.69) is 17.2 Å². The molecule has 1 amide bonds. The minimum absolute atomic E-state index is 0.0933. The van der Waals surface area contributed by atoms with Gasteiger partial charge in [0.05, 0.1) is 12.3 Å². The topological polar surface area (TPSA) is 60.5 Å². The van der Waals surface area contributed by atoms with E-state index in [9.17, 15) is 4.79 Å². The summed E-state index contributed by atoms with van der Waals surface area (Å²) in [5.41, 5.74) is 0.725. The monoisotopic (exact) mass is 342 g/mol. The summed E-state index contributed by atoms with van der Waals surface area (Å²) in [6, 6.07) is 7.57. The van der Waals surface area contributed by atoms with Gasteiger partial charge < -0.3 is 14.8 Å². The number of carbonyl (C=O) groups excluding carboxylic acids is 1. The van der Waals surface area contributed by atoms with Crippen LogP contribution in [0.1, 0.15) is 40.0 Å². The van der Waals surface area contributed by atoms with Gasteiger partial charge in [-0.3, -0.25) is 9.78 Å². The maximum absolute atomic E-state index is 12.9. The second-order valence-corrected chi connectivity index (χ2v) is 6.63. The average molecular weight is 342 g/mol. The van der Waals surface area contributed by atoms with Crippen molar-refractivity contribution in [3.05, 3.63) is 30.5 Å². The average Bonchev–Trinajstić information content (AvgIpc) is 3.46. The molecule has 0 aliphatic heterocycles. The molecule has 1 aliphatic carbocycles. The summed E-state index contributed by atoms with van der Waals surface area (Å²) < 4.78 is 11.6. The molecule has 1 atom stereocenters. The highest BCUT2D eigenvalue weighted by Gasteiger charge is 2.48. The normalized spacial score (nSPS) is 16.4. The summed E-state index contributed by atoms with van der Waals surface area (Å²) >= 11 is 0. The molecule has 0 spiro atoms. The number of carbonyl (C=O) groups is 1. The molecule has 1 saturated carbocycles.